The predicted octanol–water partition coefficient (Wildman–Crippen LogP) is 1.77. The van der Waals surface area contributed by atoms with Gasteiger partial charge in [0, 0.05) is 19.0 Å². The summed E-state index contributed by atoms with van der Waals surface area (Å²) in [5, 5.41) is 1.89. The molecule has 0 aliphatic carbocycles. The molecule has 0 atom stereocenters. The van der Waals surface area contributed by atoms with Gasteiger partial charge in [-0.1, -0.05) is 0 Å². The molecule has 0 spiro atoms. The lowest BCUT2D eigenvalue weighted by atomic mass is 10.3. The molecule has 0 bridgehead atoms. The SMILES string of the molecule is CN(CCCN)C(=O)c1csc(I)c1. The van der Waals surface area contributed by atoms with Crippen molar-refractivity contribution in [2.75, 3.05) is 20.1 Å². The van der Waals surface area contributed by atoms with Crippen LogP contribution < -0.4 is 5.73 Å². The number of amides is 1. The van der Waals surface area contributed by atoms with Crippen LogP contribution in [-0.4, -0.2) is 30.9 Å². The van der Waals surface area contributed by atoms with Crippen molar-refractivity contribution in [1.82, 2.24) is 4.90 Å². The number of carbonyl (C=O) groups excluding carboxylic acids is 1. The first-order valence-electron chi connectivity index (χ1n) is 4.34. The molecule has 0 fully saturated rings. The van der Waals surface area contributed by atoms with Gasteiger partial charge in [-0.25, -0.2) is 0 Å². The van der Waals surface area contributed by atoms with Gasteiger partial charge in [0.05, 0.1) is 8.45 Å². The smallest absolute Gasteiger partial charge is 0.254 e. The highest BCUT2D eigenvalue weighted by molar-refractivity contribution is 14.1. The van der Waals surface area contributed by atoms with Gasteiger partial charge in [-0.3, -0.25) is 4.79 Å². The first-order valence-corrected chi connectivity index (χ1v) is 6.30. The first kappa shape index (κ1) is 11.9. The van der Waals surface area contributed by atoms with Gasteiger partial charge in [0.1, 0.15) is 0 Å². The Bertz CT molecular complexity index is 314. The monoisotopic (exact) mass is 324 g/mol. The van der Waals surface area contributed by atoms with Crippen molar-refractivity contribution in [2.24, 2.45) is 5.73 Å². The molecule has 5 heteroatoms. The van der Waals surface area contributed by atoms with Crippen molar-refractivity contribution in [3.63, 3.8) is 0 Å². The summed E-state index contributed by atoms with van der Waals surface area (Å²) in [5.41, 5.74) is 6.16. The number of nitrogens with zero attached hydrogens (tertiary/aromatic N) is 1. The summed E-state index contributed by atoms with van der Waals surface area (Å²) in [6.07, 6.45) is 0.851. The second-order valence-corrected chi connectivity index (χ2v) is 5.81. The van der Waals surface area contributed by atoms with Crippen molar-refractivity contribution >= 4 is 39.8 Å². The van der Waals surface area contributed by atoms with Gasteiger partial charge in [0.25, 0.3) is 5.91 Å². The molecule has 1 heterocycles. The van der Waals surface area contributed by atoms with E-state index in [9.17, 15) is 4.79 Å². The van der Waals surface area contributed by atoms with E-state index in [1.807, 2.05) is 18.5 Å². The summed E-state index contributed by atoms with van der Waals surface area (Å²) < 4.78 is 1.14. The van der Waals surface area contributed by atoms with E-state index < -0.39 is 0 Å². The Morgan fingerprint density at radius 1 is 1.71 bits per heavy atom. The third kappa shape index (κ3) is 3.21. The van der Waals surface area contributed by atoms with E-state index in [4.69, 9.17) is 5.73 Å². The van der Waals surface area contributed by atoms with Crippen LogP contribution in [0.15, 0.2) is 11.4 Å². The maximum Gasteiger partial charge on any atom is 0.254 e. The van der Waals surface area contributed by atoms with E-state index in [1.54, 1.807) is 16.2 Å². The van der Waals surface area contributed by atoms with Crippen molar-refractivity contribution in [2.45, 2.75) is 6.42 Å². The molecule has 1 amide bonds. The quantitative estimate of drug-likeness (QED) is 0.858. The molecule has 0 aliphatic heterocycles. The summed E-state index contributed by atoms with van der Waals surface area (Å²) in [6, 6.07) is 1.91. The third-order valence-corrected chi connectivity index (χ3v) is 3.65. The molecular weight excluding hydrogens is 311 g/mol. The second-order valence-electron chi connectivity index (χ2n) is 3.01. The molecule has 2 N–H and O–H groups in total. The molecule has 78 valence electrons. The van der Waals surface area contributed by atoms with Crippen LogP contribution in [0.3, 0.4) is 0 Å². The molecule has 0 unspecified atom stereocenters. The minimum absolute atomic E-state index is 0.0811. The Kier molecular flexibility index (Phi) is 4.83. The van der Waals surface area contributed by atoms with Gasteiger partial charge in [-0.2, -0.15) is 0 Å². The highest BCUT2D eigenvalue weighted by Gasteiger charge is 2.12. The molecular formula is C9H13IN2OS. The van der Waals surface area contributed by atoms with E-state index in [-0.39, 0.29) is 5.91 Å². The number of hydrogen-bond acceptors (Lipinski definition) is 3. The average molecular weight is 324 g/mol. The highest BCUT2D eigenvalue weighted by Crippen LogP contribution is 2.17. The predicted molar refractivity (Wildman–Crippen MR) is 67.7 cm³/mol. The van der Waals surface area contributed by atoms with Gasteiger partial charge in [0.2, 0.25) is 0 Å². The minimum atomic E-state index is 0.0811. The van der Waals surface area contributed by atoms with Crippen LogP contribution in [0.2, 0.25) is 0 Å². The lowest BCUT2D eigenvalue weighted by Gasteiger charge is -2.15. The standard InChI is InChI=1S/C9H13IN2OS/c1-12(4-2-3-11)9(13)7-5-8(10)14-6-7/h5-6H,2-4,11H2,1H3. The zero-order chi connectivity index (χ0) is 10.6. The normalized spacial score (nSPS) is 10.2. The maximum absolute atomic E-state index is 11.8. The zero-order valence-electron chi connectivity index (χ0n) is 8.00. The summed E-state index contributed by atoms with van der Waals surface area (Å²) in [5.74, 6) is 0.0811. The molecule has 0 saturated heterocycles. The zero-order valence-corrected chi connectivity index (χ0v) is 11.0. The number of rotatable bonds is 4. The molecule has 1 aromatic rings. The lowest BCUT2D eigenvalue weighted by Crippen LogP contribution is -2.28. The van der Waals surface area contributed by atoms with E-state index in [0.29, 0.717) is 6.54 Å². The lowest BCUT2D eigenvalue weighted by molar-refractivity contribution is 0.0795. The fraction of sp³-hybridized carbons (Fsp3) is 0.444. The number of carbonyl (C=O) groups is 1. The van der Waals surface area contributed by atoms with Crippen molar-refractivity contribution in [3.05, 3.63) is 19.9 Å². The Morgan fingerprint density at radius 2 is 2.43 bits per heavy atom. The van der Waals surface area contributed by atoms with Crippen LogP contribution in [0.25, 0.3) is 0 Å². The molecule has 0 aliphatic rings. The molecule has 0 aromatic carbocycles. The average Bonchev–Trinajstić information content (AvgIpc) is 2.60. The van der Waals surface area contributed by atoms with Crippen LogP contribution in [0.4, 0.5) is 0 Å². The van der Waals surface area contributed by atoms with E-state index in [1.165, 1.54) is 0 Å². The molecule has 1 aromatic heterocycles. The summed E-state index contributed by atoms with van der Waals surface area (Å²) >= 11 is 3.80. The largest absolute Gasteiger partial charge is 0.342 e. The number of thiophene rings is 1. The number of hydrogen-bond donors (Lipinski definition) is 1. The Hall–Kier alpha value is -0.140. The summed E-state index contributed by atoms with van der Waals surface area (Å²) in [7, 11) is 1.81. The topological polar surface area (TPSA) is 46.3 Å². The number of nitrogens with two attached hydrogens (primary N) is 1. The van der Waals surface area contributed by atoms with Gasteiger partial charge >= 0.3 is 0 Å². The molecule has 14 heavy (non-hydrogen) atoms. The summed E-state index contributed by atoms with van der Waals surface area (Å²) in [6.45, 7) is 1.35. The highest BCUT2D eigenvalue weighted by atomic mass is 127. The van der Waals surface area contributed by atoms with Gasteiger partial charge in [0.15, 0.2) is 0 Å². The van der Waals surface area contributed by atoms with Gasteiger partial charge in [-0.05, 0) is 41.6 Å². The fourth-order valence-electron chi connectivity index (χ4n) is 1.07. The van der Waals surface area contributed by atoms with Crippen molar-refractivity contribution < 1.29 is 4.79 Å². The molecule has 0 radical (unpaired) electrons. The van der Waals surface area contributed by atoms with Gasteiger partial charge in [-0.15, -0.1) is 11.3 Å². The fourth-order valence-corrected chi connectivity index (χ4v) is 2.39. The van der Waals surface area contributed by atoms with E-state index in [2.05, 4.69) is 22.6 Å². The first-order chi connectivity index (χ1) is 6.65. The van der Waals surface area contributed by atoms with Gasteiger partial charge < -0.3 is 10.6 Å². The van der Waals surface area contributed by atoms with E-state index in [0.717, 1.165) is 21.4 Å². The maximum atomic E-state index is 11.8. The van der Waals surface area contributed by atoms with Crippen LogP contribution in [0.5, 0.6) is 0 Å². The molecule has 0 saturated carbocycles. The Morgan fingerprint density at radius 3 is 2.93 bits per heavy atom. The minimum Gasteiger partial charge on any atom is -0.342 e. The van der Waals surface area contributed by atoms with E-state index >= 15 is 0 Å². The summed E-state index contributed by atoms with van der Waals surface area (Å²) in [4.78, 5) is 13.5. The van der Waals surface area contributed by atoms with Crippen LogP contribution in [0, 0.1) is 2.88 Å². The molecule has 1 rings (SSSR count). The Balaban J connectivity index is 2.56. The van der Waals surface area contributed by atoms with Crippen molar-refractivity contribution in [1.29, 1.82) is 0 Å². The van der Waals surface area contributed by atoms with Crippen LogP contribution >= 0.6 is 33.9 Å². The Labute approximate surface area is 101 Å². The van der Waals surface area contributed by atoms with Crippen LogP contribution in [-0.2, 0) is 0 Å². The van der Waals surface area contributed by atoms with Crippen molar-refractivity contribution in [3.8, 4) is 0 Å². The number of halogens is 1. The molecule has 3 nitrogen and oxygen atoms in total. The second kappa shape index (κ2) is 5.67. The third-order valence-electron chi connectivity index (χ3n) is 1.86. The van der Waals surface area contributed by atoms with Crippen LogP contribution in [0.1, 0.15) is 16.8 Å².